The van der Waals surface area contributed by atoms with Gasteiger partial charge >= 0.3 is 5.97 Å². The van der Waals surface area contributed by atoms with Crippen molar-refractivity contribution in [3.63, 3.8) is 0 Å². The number of halogens is 4. The summed E-state index contributed by atoms with van der Waals surface area (Å²) in [5.74, 6) is -16.2. The number of phenolic OH excluding ortho intramolecular Hbond substituents is 3. The van der Waals surface area contributed by atoms with E-state index in [4.69, 9.17) is 101 Å². The Morgan fingerprint density at radius 2 is 1.30 bits per heavy atom. The third kappa shape index (κ3) is 20.9. The zero-order valence-electron chi connectivity index (χ0n) is 68.4. The Labute approximate surface area is 748 Å². The van der Waals surface area contributed by atoms with Crippen molar-refractivity contribution in [1.29, 1.82) is 0 Å². The Balaban J connectivity index is 0.949. The molecular formula is C84H93Cl4N11O29. The number of aromatic hydroxyl groups is 3. The number of carbonyl (C=O) groups is 8. The Bertz CT molecular complexity index is 5360. The molecule has 7 aromatic rings. The number of carboxylic acids is 1. The quantitative estimate of drug-likeness (QED) is 0.0490. The number of aromatic nitrogens is 1. The van der Waals surface area contributed by atoms with E-state index in [0.717, 1.165) is 66.7 Å². The molecule has 7 amide bonds. The molecule has 44 heteroatoms. The van der Waals surface area contributed by atoms with E-state index in [1.807, 2.05) is 0 Å². The molecule has 128 heavy (non-hydrogen) atoms. The second-order valence-electron chi connectivity index (χ2n) is 32.2. The largest absolute Gasteiger partial charge is 0.508 e. The summed E-state index contributed by atoms with van der Waals surface area (Å²) in [6, 6.07) is 6.73. The maximum atomic E-state index is 16.4. The number of fused-ring (bicyclic) bond motifs is 15. The van der Waals surface area contributed by atoms with E-state index in [1.54, 1.807) is 38.1 Å². The molecule has 8 aliphatic heterocycles. The van der Waals surface area contributed by atoms with Crippen LogP contribution in [0.25, 0.3) is 11.1 Å². The van der Waals surface area contributed by atoms with E-state index in [0.29, 0.717) is 16.3 Å². The highest BCUT2D eigenvalue weighted by atomic mass is 35.5. The van der Waals surface area contributed by atoms with Crippen LogP contribution in [0.3, 0.4) is 0 Å². The van der Waals surface area contributed by atoms with E-state index in [9.17, 15) is 75.7 Å². The molecule has 1 unspecified atom stereocenters. The molecule has 3 saturated heterocycles. The van der Waals surface area contributed by atoms with Crippen LogP contribution >= 0.6 is 46.4 Å². The number of nitrogens with zero attached hydrogens (tertiary/aromatic N) is 1. The molecule has 3 fully saturated rings. The number of primary amides is 1. The number of amides is 7. The SMILES string of the molecule is CN[C@H](CC(C)C)C(=O)NC1C(=O)N[C@@H](CC(N)=O)C(=O)N[C@H]2C(=O)N[C@H]3C(=O)N[C@H](C(=O)N[C@@H](C(=O)O)c4cc(O)cc(O)c4-c4cc3ccc4O)[C@H](O[C@H]3C[C@](C)(N)[C@@H](O)[C@H](C)O3)c3ccc(c(Cl)c3)Oc3cc2cc(c3O[C@@H]2O[C@H](CO)[C@@H](O[C@@H]3O[C@H](CNCc4ccc(Oc5ccc(Cl)c(Cl)c5)nc4)[C@H](O)[C@H](O)[C@H]3O)[C@H](O)[C@H]2O)Oc2ccc(cc2Cl)[C@H]1O. The first-order chi connectivity index (χ1) is 60.7. The van der Waals surface area contributed by atoms with Gasteiger partial charge in [0.25, 0.3) is 0 Å². The Hall–Kier alpha value is -10.7. The summed E-state index contributed by atoms with van der Waals surface area (Å²) in [6.45, 7) is 5.23. The number of pyridine rings is 1. The number of nitrogens with one attached hydrogen (secondary N) is 8. The molecule has 8 aliphatic rings. The van der Waals surface area contributed by atoms with Gasteiger partial charge in [0.2, 0.25) is 59.3 Å². The second kappa shape index (κ2) is 39.7. The van der Waals surface area contributed by atoms with Crippen molar-refractivity contribution in [3.05, 3.63) is 169 Å². The number of aliphatic carboxylic acids is 1. The summed E-state index contributed by atoms with van der Waals surface area (Å²) in [6.07, 6.45) is -28.0. The van der Waals surface area contributed by atoms with E-state index in [2.05, 4.69) is 47.5 Å². The minimum Gasteiger partial charge on any atom is -0.508 e. The monoisotopic (exact) mass is 1860 g/mol. The van der Waals surface area contributed by atoms with Gasteiger partial charge in [-0.05, 0) is 128 Å². The average molecular weight is 1860 g/mol. The molecular weight excluding hydrogens is 1770 g/mol. The minimum atomic E-state index is -2.43. The first-order valence-corrected chi connectivity index (χ1v) is 41.6. The highest BCUT2D eigenvalue weighted by Crippen LogP contribution is 2.51. The Morgan fingerprint density at radius 1 is 0.648 bits per heavy atom. The van der Waals surface area contributed by atoms with Crippen molar-refractivity contribution in [1.82, 2.24) is 47.5 Å². The second-order valence-corrected chi connectivity index (χ2v) is 33.8. The van der Waals surface area contributed by atoms with Gasteiger partial charge < -0.3 is 158 Å². The summed E-state index contributed by atoms with van der Waals surface area (Å²) in [5.41, 5.74) is 8.54. The molecule has 0 aliphatic carbocycles. The summed E-state index contributed by atoms with van der Waals surface area (Å²) in [5, 5.41) is 160. The van der Waals surface area contributed by atoms with Gasteiger partial charge in [-0.2, -0.15) is 0 Å². The number of rotatable bonds is 21. The third-order valence-electron chi connectivity index (χ3n) is 22.3. The van der Waals surface area contributed by atoms with Crippen LogP contribution in [0.15, 0.2) is 115 Å². The molecule has 0 radical (unpaired) electrons. The number of hydrogen-bond acceptors (Lipinski definition) is 32. The molecule has 15 rings (SSSR count). The van der Waals surface area contributed by atoms with Gasteiger partial charge in [0.05, 0.1) is 51.4 Å². The van der Waals surface area contributed by atoms with Gasteiger partial charge in [-0.15, -0.1) is 0 Å². The Morgan fingerprint density at radius 3 is 1.93 bits per heavy atom. The summed E-state index contributed by atoms with van der Waals surface area (Å²) < 4.78 is 57.0. The lowest BCUT2D eigenvalue weighted by Crippen LogP contribution is -2.65. The number of ether oxygens (including phenoxy) is 9. The van der Waals surface area contributed by atoms with Gasteiger partial charge in [0, 0.05) is 66.1 Å². The van der Waals surface area contributed by atoms with Crippen LogP contribution in [0.5, 0.6) is 57.6 Å². The van der Waals surface area contributed by atoms with E-state index >= 15 is 24.0 Å². The predicted molar refractivity (Wildman–Crippen MR) is 447 cm³/mol. The van der Waals surface area contributed by atoms with Crippen LogP contribution in [-0.2, 0) is 68.6 Å². The lowest BCUT2D eigenvalue weighted by atomic mass is 9.86. The molecule has 9 heterocycles. The molecule has 11 bridgehead atoms. The summed E-state index contributed by atoms with van der Waals surface area (Å²) >= 11 is 26.7. The highest BCUT2D eigenvalue weighted by molar-refractivity contribution is 6.42. The van der Waals surface area contributed by atoms with Gasteiger partial charge in [-0.25, -0.2) is 9.78 Å². The molecule has 40 nitrogen and oxygen atoms in total. The molecule has 0 spiro atoms. The molecule has 1 aromatic heterocycles. The number of carbonyl (C=O) groups excluding carboxylic acids is 7. The van der Waals surface area contributed by atoms with Crippen LogP contribution in [0.1, 0.15) is 111 Å². The fourth-order valence-corrected chi connectivity index (χ4v) is 16.3. The van der Waals surface area contributed by atoms with Crippen molar-refractivity contribution < 1.29 is 142 Å². The Kier molecular flexibility index (Phi) is 29.5. The van der Waals surface area contributed by atoms with Crippen molar-refractivity contribution in [2.75, 3.05) is 20.2 Å². The first kappa shape index (κ1) is 94.9. The molecule has 23 atom stereocenters. The topological polar surface area (TPSA) is 624 Å². The van der Waals surface area contributed by atoms with Gasteiger partial charge in [-0.3, -0.25) is 33.6 Å². The van der Waals surface area contributed by atoms with Crippen LogP contribution in [0.4, 0.5) is 0 Å². The first-order valence-electron chi connectivity index (χ1n) is 40.1. The number of likely N-dealkylation sites (N-methyl/N-ethyl adjacent to an activating group) is 1. The van der Waals surface area contributed by atoms with Gasteiger partial charge in [0.15, 0.2) is 30.1 Å². The fourth-order valence-electron chi connectivity index (χ4n) is 15.6. The molecule has 686 valence electrons. The number of benzene rings is 6. The van der Waals surface area contributed by atoms with Crippen LogP contribution in [-0.4, -0.2) is 243 Å². The normalized spacial score (nSPS) is 29.3. The summed E-state index contributed by atoms with van der Waals surface area (Å²) in [4.78, 5) is 125. The smallest absolute Gasteiger partial charge is 0.330 e. The maximum Gasteiger partial charge on any atom is 0.330 e. The fraction of sp³-hybridized carbons (Fsp3) is 0.417. The van der Waals surface area contributed by atoms with Gasteiger partial charge in [0.1, 0.15) is 126 Å². The molecule has 24 N–H and O–H groups in total. The highest BCUT2D eigenvalue weighted by Gasteiger charge is 2.53. The van der Waals surface area contributed by atoms with Crippen LogP contribution in [0.2, 0.25) is 20.1 Å². The number of nitrogens with two attached hydrogens (primary N) is 2. The third-order valence-corrected chi connectivity index (χ3v) is 23.6. The van der Waals surface area contributed by atoms with E-state index < -0.39 is 284 Å². The number of aliphatic hydroxyl groups is 8. The molecule has 6 aromatic carbocycles. The number of hydrogen-bond donors (Lipinski definition) is 22. The number of carboxylic acid groups (broad SMARTS) is 1. The zero-order valence-corrected chi connectivity index (χ0v) is 71.4. The lowest BCUT2D eigenvalue weighted by molar-refractivity contribution is -0.350. The van der Waals surface area contributed by atoms with Crippen molar-refractivity contribution in [2.45, 2.75) is 193 Å². The standard InChI is InChI=1S/C84H93Cl4N11O29/c1-31(2)16-46(91-5)75(112)98-63-65(105)35-8-13-50(44(87)18-35)122-52-20-37-21-53(72(52)127-83-70(110)68(108)73(55(30-100)125-83)128-82-69(109)67(107)66(106)54(124-82)29-92-27-33-6-15-57(93-28-33)121-39-10-11-42(85)43(86)24-39)123-51-14-9-36(19-45(51)88)71(126-58-26-84(4,90)74(111)32(3)120-58)64-80(117)97-62(81(118)119)41-22-38(101)23-49(103)59(41)40-17-34(7-12-48(40)102)60(77(114)99-64)96-78(115)61(37)95-76(113)47(25-56(89)104)94-79(63)116/h6-15,17-24,28,31-32,46-47,54-55,58,60-71,73-74,82-83,91-92,100-103,105-111H,16,25-27,29-30,90H2,1-5H3,(H2,89,104)(H,94,116)(H,95,113)(H,96,115)(H,97,117)(H,98,112)(H,99,114)(H,118,119)/t32-,46+,47-,54+,55+,58-,60+,61+,62+,63?,64-,65+,66-,67-,68+,69+,70+,71+,73+,74-,82-,83-,84-/m0/s1. The predicted octanol–water partition coefficient (Wildman–Crippen LogP) is 2.22. The van der Waals surface area contributed by atoms with Crippen molar-refractivity contribution in [3.8, 4) is 68.8 Å². The number of aliphatic hydroxyl groups excluding tert-OH is 8. The van der Waals surface area contributed by atoms with E-state index in [-0.39, 0.29) is 53.9 Å². The van der Waals surface area contributed by atoms with Gasteiger partial charge in [-0.1, -0.05) is 84.5 Å². The van der Waals surface area contributed by atoms with E-state index in [1.165, 1.54) is 45.3 Å². The molecule has 0 saturated carbocycles. The van der Waals surface area contributed by atoms with Crippen LogP contribution in [0, 0.1) is 5.92 Å². The average Bonchev–Trinajstić information content (AvgIpc) is 0.428. The maximum absolute atomic E-state index is 16.4. The zero-order chi connectivity index (χ0) is 92.5. The lowest BCUT2D eigenvalue weighted by Gasteiger charge is -2.46. The minimum absolute atomic E-state index is 0.0838. The summed E-state index contributed by atoms with van der Waals surface area (Å²) in [7, 11) is 1.46. The number of phenols is 3. The van der Waals surface area contributed by atoms with Crippen LogP contribution < -0.4 is 72.9 Å². The van der Waals surface area contributed by atoms with Crippen molar-refractivity contribution >= 4 is 93.7 Å². The van der Waals surface area contributed by atoms with Crippen molar-refractivity contribution in [2.24, 2.45) is 17.4 Å².